The first-order chi connectivity index (χ1) is 8.15. The number of hydrogen-bond acceptors (Lipinski definition) is 4. The maximum absolute atomic E-state index is 11.0. The molecule has 0 amide bonds. The Kier molecular flexibility index (Phi) is 4.33. The van der Waals surface area contributed by atoms with Gasteiger partial charge in [-0.15, -0.1) is 11.8 Å². The van der Waals surface area contributed by atoms with E-state index in [1.54, 1.807) is 0 Å². The van der Waals surface area contributed by atoms with E-state index < -0.39 is 5.97 Å². The SMILES string of the molecule is CCCN1CCCC2(CC1)N[C@@H](C(=O)O)CS2. The highest BCUT2D eigenvalue weighted by atomic mass is 32.2. The van der Waals surface area contributed by atoms with Crippen molar-refractivity contribution in [3.63, 3.8) is 0 Å². The molecule has 0 bridgehead atoms. The van der Waals surface area contributed by atoms with Gasteiger partial charge in [0, 0.05) is 12.3 Å². The molecule has 2 heterocycles. The molecule has 2 fully saturated rings. The van der Waals surface area contributed by atoms with Gasteiger partial charge in [0.1, 0.15) is 6.04 Å². The second-order valence-electron chi connectivity index (χ2n) is 5.04. The van der Waals surface area contributed by atoms with E-state index in [4.69, 9.17) is 5.11 Å². The summed E-state index contributed by atoms with van der Waals surface area (Å²) in [4.78, 5) is 13.5. The Labute approximate surface area is 107 Å². The smallest absolute Gasteiger partial charge is 0.321 e. The van der Waals surface area contributed by atoms with Crippen LogP contribution in [0.5, 0.6) is 0 Å². The van der Waals surface area contributed by atoms with Crippen molar-refractivity contribution in [3.8, 4) is 0 Å². The molecule has 1 unspecified atom stereocenters. The second-order valence-corrected chi connectivity index (χ2v) is 6.44. The molecule has 1 spiro atoms. The first-order valence-corrected chi connectivity index (χ1v) is 7.50. The molecule has 5 heteroatoms. The van der Waals surface area contributed by atoms with E-state index in [1.807, 2.05) is 11.8 Å². The number of rotatable bonds is 3. The van der Waals surface area contributed by atoms with Crippen LogP contribution in [0.3, 0.4) is 0 Å². The summed E-state index contributed by atoms with van der Waals surface area (Å²) in [5.41, 5.74) is 0. The lowest BCUT2D eigenvalue weighted by atomic mass is 10.1. The van der Waals surface area contributed by atoms with Gasteiger partial charge in [0.2, 0.25) is 0 Å². The van der Waals surface area contributed by atoms with E-state index >= 15 is 0 Å². The van der Waals surface area contributed by atoms with Gasteiger partial charge in [0.15, 0.2) is 0 Å². The van der Waals surface area contributed by atoms with Crippen LogP contribution in [0.1, 0.15) is 32.6 Å². The lowest BCUT2D eigenvalue weighted by Crippen LogP contribution is -2.45. The van der Waals surface area contributed by atoms with Crippen molar-refractivity contribution >= 4 is 17.7 Å². The Balaban J connectivity index is 1.92. The molecule has 2 atom stereocenters. The molecule has 2 saturated heterocycles. The molecule has 17 heavy (non-hydrogen) atoms. The predicted molar refractivity (Wildman–Crippen MR) is 70.3 cm³/mol. The highest BCUT2D eigenvalue weighted by Gasteiger charge is 2.42. The number of hydrogen-bond donors (Lipinski definition) is 2. The lowest BCUT2D eigenvalue weighted by molar-refractivity contribution is -0.138. The summed E-state index contributed by atoms with van der Waals surface area (Å²) >= 11 is 1.82. The molecular formula is C12H22N2O2S. The van der Waals surface area contributed by atoms with Crippen LogP contribution < -0.4 is 5.32 Å². The molecule has 4 nitrogen and oxygen atoms in total. The van der Waals surface area contributed by atoms with Gasteiger partial charge < -0.3 is 10.0 Å². The van der Waals surface area contributed by atoms with Crippen LogP contribution in [0.15, 0.2) is 0 Å². The fourth-order valence-electron chi connectivity index (χ4n) is 2.77. The topological polar surface area (TPSA) is 52.6 Å². The number of carboxylic acids is 1. The number of nitrogens with zero attached hydrogens (tertiary/aromatic N) is 1. The quantitative estimate of drug-likeness (QED) is 0.801. The van der Waals surface area contributed by atoms with E-state index in [9.17, 15) is 4.79 Å². The Morgan fingerprint density at radius 2 is 2.35 bits per heavy atom. The maximum atomic E-state index is 11.0. The monoisotopic (exact) mass is 258 g/mol. The van der Waals surface area contributed by atoms with Gasteiger partial charge in [-0.2, -0.15) is 0 Å². The van der Waals surface area contributed by atoms with Gasteiger partial charge in [-0.3, -0.25) is 10.1 Å². The summed E-state index contributed by atoms with van der Waals surface area (Å²) in [6, 6.07) is -0.349. The van der Waals surface area contributed by atoms with E-state index in [0.717, 1.165) is 25.9 Å². The lowest BCUT2D eigenvalue weighted by Gasteiger charge is -2.27. The second kappa shape index (κ2) is 5.59. The van der Waals surface area contributed by atoms with Crippen LogP contribution in [0.2, 0.25) is 0 Å². The number of likely N-dealkylation sites (tertiary alicyclic amines) is 1. The van der Waals surface area contributed by atoms with E-state index in [0.29, 0.717) is 5.75 Å². The molecule has 0 aromatic heterocycles. The number of aliphatic carboxylic acids is 1. The standard InChI is InChI=1S/C12H22N2O2S/c1-2-6-14-7-3-4-12(5-8-14)13-10(9-17-12)11(15)16/h10,13H,2-9H2,1H3,(H,15,16)/t10-,12?/m1/s1. The van der Waals surface area contributed by atoms with Gasteiger partial charge in [-0.05, 0) is 38.8 Å². The van der Waals surface area contributed by atoms with Crippen LogP contribution in [0, 0.1) is 0 Å². The molecule has 98 valence electrons. The Morgan fingerprint density at radius 3 is 3.00 bits per heavy atom. The maximum Gasteiger partial charge on any atom is 0.321 e. The summed E-state index contributed by atoms with van der Waals surface area (Å²) < 4.78 is 0. The highest BCUT2D eigenvalue weighted by Crippen LogP contribution is 2.39. The Bertz CT molecular complexity index is 288. The Morgan fingerprint density at radius 1 is 1.53 bits per heavy atom. The van der Waals surface area contributed by atoms with Crippen LogP contribution in [-0.2, 0) is 4.79 Å². The molecule has 0 aromatic rings. The summed E-state index contributed by atoms with van der Waals surface area (Å²) in [6.07, 6.45) is 4.54. The van der Waals surface area contributed by atoms with Crippen LogP contribution in [0.25, 0.3) is 0 Å². The zero-order chi connectivity index (χ0) is 12.3. The number of carboxylic acid groups (broad SMARTS) is 1. The van der Waals surface area contributed by atoms with Crippen molar-refractivity contribution in [2.75, 3.05) is 25.4 Å². The van der Waals surface area contributed by atoms with Crippen molar-refractivity contribution < 1.29 is 9.90 Å². The summed E-state index contributed by atoms with van der Waals surface area (Å²) in [7, 11) is 0. The summed E-state index contributed by atoms with van der Waals surface area (Å²) in [6.45, 7) is 5.64. The van der Waals surface area contributed by atoms with Gasteiger partial charge in [-0.25, -0.2) is 0 Å². The average molecular weight is 258 g/mol. The van der Waals surface area contributed by atoms with E-state index in [1.165, 1.54) is 19.4 Å². The molecule has 2 aliphatic rings. The third-order valence-corrected chi connectivity index (χ3v) is 5.27. The van der Waals surface area contributed by atoms with Crippen LogP contribution in [-0.4, -0.2) is 52.3 Å². The fraction of sp³-hybridized carbons (Fsp3) is 0.917. The third-order valence-electron chi connectivity index (χ3n) is 3.69. The molecule has 2 rings (SSSR count). The van der Waals surface area contributed by atoms with Crippen molar-refractivity contribution in [2.45, 2.75) is 43.5 Å². The van der Waals surface area contributed by atoms with Crippen molar-refractivity contribution in [1.29, 1.82) is 0 Å². The largest absolute Gasteiger partial charge is 0.480 e. The minimum absolute atomic E-state index is 0.0333. The summed E-state index contributed by atoms with van der Waals surface area (Å²) in [5.74, 6) is 0.00682. The van der Waals surface area contributed by atoms with Crippen molar-refractivity contribution in [3.05, 3.63) is 0 Å². The normalized spacial score (nSPS) is 35.0. The average Bonchev–Trinajstić information content (AvgIpc) is 2.61. The van der Waals surface area contributed by atoms with E-state index in [-0.39, 0.29) is 10.9 Å². The molecule has 0 saturated carbocycles. The molecular weight excluding hydrogens is 236 g/mol. The van der Waals surface area contributed by atoms with Crippen LogP contribution >= 0.6 is 11.8 Å². The number of nitrogens with one attached hydrogen (secondary N) is 1. The molecule has 0 aliphatic carbocycles. The predicted octanol–water partition coefficient (Wildman–Crippen LogP) is 1.37. The van der Waals surface area contributed by atoms with Gasteiger partial charge in [0.05, 0.1) is 4.87 Å². The zero-order valence-corrected chi connectivity index (χ0v) is 11.3. The van der Waals surface area contributed by atoms with Gasteiger partial charge in [0.25, 0.3) is 0 Å². The van der Waals surface area contributed by atoms with Gasteiger partial charge in [-0.1, -0.05) is 6.92 Å². The molecule has 2 N–H and O–H groups in total. The first-order valence-electron chi connectivity index (χ1n) is 6.52. The summed E-state index contributed by atoms with van der Waals surface area (Å²) in [5, 5.41) is 12.4. The van der Waals surface area contributed by atoms with E-state index in [2.05, 4.69) is 17.1 Å². The first kappa shape index (κ1) is 13.2. The number of carbonyl (C=O) groups is 1. The third kappa shape index (κ3) is 3.14. The van der Waals surface area contributed by atoms with Gasteiger partial charge >= 0.3 is 5.97 Å². The number of thioether (sulfide) groups is 1. The Hall–Kier alpha value is -0.260. The fourth-order valence-corrected chi connectivity index (χ4v) is 4.23. The van der Waals surface area contributed by atoms with Crippen LogP contribution in [0.4, 0.5) is 0 Å². The minimum Gasteiger partial charge on any atom is -0.480 e. The minimum atomic E-state index is -0.705. The zero-order valence-electron chi connectivity index (χ0n) is 10.4. The van der Waals surface area contributed by atoms with Crippen molar-refractivity contribution in [1.82, 2.24) is 10.2 Å². The highest BCUT2D eigenvalue weighted by molar-refractivity contribution is 8.00. The van der Waals surface area contributed by atoms with Crippen molar-refractivity contribution in [2.24, 2.45) is 0 Å². The molecule has 0 radical (unpaired) electrons. The molecule has 0 aromatic carbocycles. The molecule has 2 aliphatic heterocycles.